The van der Waals surface area contributed by atoms with E-state index in [1.165, 1.54) is 0 Å². The number of amides is 1. The Morgan fingerprint density at radius 3 is 2.46 bits per heavy atom. The van der Waals surface area contributed by atoms with E-state index >= 15 is 0 Å². The van der Waals surface area contributed by atoms with Crippen molar-refractivity contribution >= 4 is 11.9 Å². The highest BCUT2D eigenvalue weighted by atomic mass is 16.5. The number of nitrogens with zero attached hydrogens (tertiary/aromatic N) is 1. The molecule has 0 spiro atoms. The van der Waals surface area contributed by atoms with Gasteiger partial charge in [-0.25, -0.2) is 4.79 Å². The van der Waals surface area contributed by atoms with Crippen molar-refractivity contribution < 1.29 is 14.3 Å². The second-order valence-corrected chi connectivity index (χ2v) is 5.94. The third kappa shape index (κ3) is 4.65. The van der Waals surface area contributed by atoms with Crippen LogP contribution in [0.4, 0.5) is 0 Å². The standard InChI is InChI=1S/C19H22N2O3/c1-13(2)17(19(23)24-12-15-9-6-7-11-20-15)21-18(22)16-10-5-4-8-14(16)3/h4-11,13,17H,12H2,1-3H3,(H,21,22)/t17-/m0/s1. The molecule has 0 saturated heterocycles. The van der Waals surface area contributed by atoms with E-state index in [1.54, 1.807) is 30.5 Å². The number of rotatable bonds is 6. The summed E-state index contributed by atoms with van der Waals surface area (Å²) in [6.07, 6.45) is 1.64. The van der Waals surface area contributed by atoms with Gasteiger partial charge in [0.2, 0.25) is 0 Å². The molecule has 1 amide bonds. The number of esters is 1. The fourth-order valence-electron chi connectivity index (χ4n) is 2.26. The molecule has 1 N–H and O–H groups in total. The van der Waals surface area contributed by atoms with E-state index < -0.39 is 12.0 Å². The van der Waals surface area contributed by atoms with Gasteiger partial charge in [-0.3, -0.25) is 9.78 Å². The highest BCUT2D eigenvalue weighted by Crippen LogP contribution is 2.11. The molecule has 5 nitrogen and oxygen atoms in total. The van der Waals surface area contributed by atoms with Crippen LogP contribution >= 0.6 is 0 Å². The normalized spacial score (nSPS) is 11.8. The molecular weight excluding hydrogens is 304 g/mol. The zero-order chi connectivity index (χ0) is 17.5. The zero-order valence-corrected chi connectivity index (χ0v) is 14.2. The summed E-state index contributed by atoms with van der Waals surface area (Å²) < 4.78 is 5.30. The van der Waals surface area contributed by atoms with Gasteiger partial charge in [0.15, 0.2) is 0 Å². The maximum absolute atomic E-state index is 12.4. The van der Waals surface area contributed by atoms with Gasteiger partial charge in [-0.15, -0.1) is 0 Å². The minimum Gasteiger partial charge on any atom is -0.458 e. The van der Waals surface area contributed by atoms with Crippen molar-refractivity contribution in [2.24, 2.45) is 5.92 Å². The van der Waals surface area contributed by atoms with Gasteiger partial charge < -0.3 is 10.1 Å². The topological polar surface area (TPSA) is 68.3 Å². The number of nitrogens with one attached hydrogen (secondary N) is 1. The quantitative estimate of drug-likeness (QED) is 0.829. The lowest BCUT2D eigenvalue weighted by Crippen LogP contribution is -2.45. The molecule has 1 aromatic heterocycles. The Morgan fingerprint density at radius 2 is 1.83 bits per heavy atom. The second-order valence-electron chi connectivity index (χ2n) is 5.94. The number of carbonyl (C=O) groups excluding carboxylic acids is 2. The summed E-state index contributed by atoms with van der Waals surface area (Å²) in [4.78, 5) is 28.9. The van der Waals surface area contributed by atoms with Gasteiger partial charge in [0.1, 0.15) is 12.6 Å². The lowest BCUT2D eigenvalue weighted by molar-refractivity contribution is -0.148. The molecule has 0 aliphatic heterocycles. The molecule has 1 heterocycles. The maximum Gasteiger partial charge on any atom is 0.329 e. The summed E-state index contributed by atoms with van der Waals surface area (Å²) in [5.74, 6) is -0.826. The lowest BCUT2D eigenvalue weighted by atomic mass is 10.0. The molecule has 1 aromatic carbocycles. The summed E-state index contributed by atoms with van der Waals surface area (Å²) in [5.41, 5.74) is 2.08. The predicted octanol–water partition coefficient (Wildman–Crippen LogP) is 2.89. The molecule has 0 fully saturated rings. The zero-order valence-electron chi connectivity index (χ0n) is 14.2. The highest BCUT2D eigenvalue weighted by Gasteiger charge is 2.26. The van der Waals surface area contributed by atoms with Crippen LogP contribution < -0.4 is 5.32 Å². The van der Waals surface area contributed by atoms with Gasteiger partial charge in [0.05, 0.1) is 5.69 Å². The van der Waals surface area contributed by atoms with Crippen molar-refractivity contribution in [3.63, 3.8) is 0 Å². The molecule has 0 aliphatic rings. The van der Waals surface area contributed by atoms with Crippen LogP contribution in [0.25, 0.3) is 0 Å². The van der Waals surface area contributed by atoms with Crippen LogP contribution in [0.2, 0.25) is 0 Å². The SMILES string of the molecule is Cc1ccccc1C(=O)N[C@H](C(=O)OCc1ccccn1)C(C)C. The number of ether oxygens (including phenoxy) is 1. The Kier molecular flexibility index (Phi) is 6.07. The number of aromatic nitrogens is 1. The number of carbonyl (C=O) groups is 2. The molecule has 5 heteroatoms. The average Bonchev–Trinajstić information content (AvgIpc) is 2.58. The minimum atomic E-state index is -0.708. The summed E-state index contributed by atoms with van der Waals surface area (Å²) in [7, 11) is 0. The van der Waals surface area contributed by atoms with Crippen LogP contribution in [0.15, 0.2) is 48.7 Å². The molecular formula is C19H22N2O3. The Labute approximate surface area is 142 Å². The number of hydrogen-bond acceptors (Lipinski definition) is 4. The van der Waals surface area contributed by atoms with E-state index in [0.717, 1.165) is 5.56 Å². The smallest absolute Gasteiger partial charge is 0.329 e. The van der Waals surface area contributed by atoms with E-state index in [-0.39, 0.29) is 18.4 Å². The van der Waals surface area contributed by atoms with Crippen molar-refractivity contribution in [2.75, 3.05) is 0 Å². The molecule has 2 rings (SSSR count). The van der Waals surface area contributed by atoms with Gasteiger partial charge in [-0.05, 0) is 36.6 Å². The van der Waals surface area contributed by atoms with E-state index in [1.807, 2.05) is 39.0 Å². The van der Waals surface area contributed by atoms with Crippen LogP contribution in [0, 0.1) is 12.8 Å². The third-order valence-corrected chi connectivity index (χ3v) is 3.69. The monoisotopic (exact) mass is 326 g/mol. The summed E-state index contributed by atoms with van der Waals surface area (Å²) >= 11 is 0. The van der Waals surface area contributed by atoms with Gasteiger partial charge in [0, 0.05) is 11.8 Å². The molecule has 126 valence electrons. The van der Waals surface area contributed by atoms with Gasteiger partial charge in [0.25, 0.3) is 5.91 Å². The first-order valence-electron chi connectivity index (χ1n) is 7.92. The fraction of sp³-hybridized carbons (Fsp3) is 0.316. The third-order valence-electron chi connectivity index (χ3n) is 3.69. The molecule has 0 aliphatic carbocycles. The number of pyridine rings is 1. The van der Waals surface area contributed by atoms with Gasteiger partial charge in [-0.2, -0.15) is 0 Å². The predicted molar refractivity (Wildman–Crippen MR) is 91.3 cm³/mol. The first-order valence-corrected chi connectivity index (χ1v) is 7.92. The van der Waals surface area contributed by atoms with E-state index in [4.69, 9.17) is 4.74 Å². The van der Waals surface area contributed by atoms with Crippen molar-refractivity contribution in [1.82, 2.24) is 10.3 Å². The molecule has 0 saturated carbocycles. The second kappa shape index (κ2) is 8.24. The Morgan fingerprint density at radius 1 is 1.12 bits per heavy atom. The van der Waals surface area contributed by atoms with Gasteiger partial charge in [-0.1, -0.05) is 38.1 Å². The van der Waals surface area contributed by atoms with Crippen LogP contribution in [0.3, 0.4) is 0 Å². The number of hydrogen-bond donors (Lipinski definition) is 1. The average molecular weight is 326 g/mol. The Balaban J connectivity index is 2.02. The fourth-order valence-corrected chi connectivity index (χ4v) is 2.26. The number of aryl methyl sites for hydroxylation is 1. The first kappa shape index (κ1) is 17.7. The number of benzene rings is 1. The summed E-state index contributed by atoms with van der Waals surface area (Å²) in [6, 6.07) is 12.0. The molecule has 1 atom stereocenters. The van der Waals surface area contributed by atoms with Crippen molar-refractivity contribution in [3.05, 3.63) is 65.5 Å². The van der Waals surface area contributed by atoms with Crippen LogP contribution in [-0.2, 0) is 16.1 Å². The van der Waals surface area contributed by atoms with E-state index in [0.29, 0.717) is 11.3 Å². The van der Waals surface area contributed by atoms with Gasteiger partial charge >= 0.3 is 5.97 Å². The van der Waals surface area contributed by atoms with E-state index in [9.17, 15) is 9.59 Å². The molecule has 2 aromatic rings. The molecule has 0 radical (unpaired) electrons. The minimum absolute atomic E-state index is 0.0864. The molecule has 0 bridgehead atoms. The lowest BCUT2D eigenvalue weighted by Gasteiger charge is -2.21. The largest absolute Gasteiger partial charge is 0.458 e. The van der Waals surface area contributed by atoms with Crippen LogP contribution in [-0.4, -0.2) is 22.9 Å². The maximum atomic E-state index is 12.4. The Hall–Kier alpha value is -2.69. The van der Waals surface area contributed by atoms with Crippen molar-refractivity contribution in [2.45, 2.75) is 33.4 Å². The van der Waals surface area contributed by atoms with Crippen LogP contribution in [0.1, 0.15) is 35.5 Å². The van der Waals surface area contributed by atoms with Crippen LogP contribution in [0.5, 0.6) is 0 Å². The van der Waals surface area contributed by atoms with E-state index in [2.05, 4.69) is 10.3 Å². The van der Waals surface area contributed by atoms with Crippen molar-refractivity contribution in [3.8, 4) is 0 Å². The van der Waals surface area contributed by atoms with Crippen molar-refractivity contribution in [1.29, 1.82) is 0 Å². The molecule has 0 unspecified atom stereocenters. The first-order chi connectivity index (χ1) is 11.5. The molecule has 24 heavy (non-hydrogen) atoms. The highest BCUT2D eigenvalue weighted by molar-refractivity contribution is 5.98. The Bertz CT molecular complexity index is 699. The summed E-state index contributed by atoms with van der Waals surface area (Å²) in [6.45, 7) is 5.68. The summed E-state index contributed by atoms with van der Waals surface area (Å²) in [5, 5.41) is 2.78.